The van der Waals surface area contributed by atoms with Crippen LogP contribution in [0.15, 0.2) is 54.6 Å². The fraction of sp³-hybridized carbons (Fsp3) is 0.375. The number of thiocarbonyl (C=S) groups is 1. The van der Waals surface area contributed by atoms with E-state index in [1.165, 1.54) is 11.6 Å². The Hall–Kier alpha value is -2.09. The minimum atomic E-state index is -0.309. The summed E-state index contributed by atoms with van der Waals surface area (Å²) < 4.78 is 19.7. The number of nitrogens with zero attached hydrogens (tertiary/aromatic N) is 2. The van der Waals surface area contributed by atoms with Gasteiger partial charge in [0.15, 0.2) is 5.11 Å². The first kappa shape index (κ1) is 22.1. The van der Waals surface area contributed by atoms with Crippen LogP contribution in [0.25, 0.3) is 5.57 Å². The summed E-state index contributed by atoms with van der Waals surface area (Å²) in [5, 5.41) is 0.427. The van der Waals surface area contributed by atoms with Crippen LogP contribution in [0.4, 0.5) is 4.39 Å². The van der Waals surface area contributed by atoms with Crippen LogP contribution in [0.2, 0.25) is 0 Å². The Labute approximate surface area is 193 Å². The van der Waals surface area contributed by atoms with E-state index in [0.717, 1.165) is 55.2 Å². The number of ether oxygens (including phenoxy) is 1. The Morgan fingerprint density at radius 3 is 2.81 bits per heavy atom. The summed E-state index contributed by atoms with van der Waals surface area (Å²) >= 11 is 7.13. The first-order valence-electron chi connectivity index (χ1n) is 10.6. The minimum Gasteiger partial charge on any atom is -0.492 e. The lowest BCUT2D eigenvalue weighted by Gasteiger charge is -2.36. The number of hydrogen-bond donors (Lipinski definition) is 1. The molecule has 0 aliphatic carbocycles. The highest BCUT2D eigenvalue weighted by Crippen LogP contribution is 2.47. The van der Waals surface area contributed by atoms with E-state index in [9.17, 15) is 4.39 Å². The van der Waals surface area contributed by atoms with Gasteiger partial charge in [-0.1, -0.05) is 36.4 Å². The lowest BCUT2D eigenvalue weighted by molar-refractivity contribution is 0.217. The topological polar surface area (TPSA) is 41.7 Å². The van der Waals surface area contributed by atoms with Gasteiger partial charge in [-0.2, -0.15) is 0 Å². The van der Waals surface area contributed by atoms with Crippen molar-refractivity contribution in [2.24, 2.45) is 5.73 Å². The number of para-hydroxylation sites is 1. The highest BCUT2D eigenvalue weighted by Gasteiger charge is 2.41. The first-order chi connectivity index (χ1) is 15.0. The van der Waals surface area contributed by atoms with Crippen molar-refractivity contribution in [1.29, 1.82) is 0 Å². The van der Waals surface area contributed by atoms with Crippen molar-refractivity contribution in [3.8, 4) is 5.75 Å². The van der Waals surface area contributed by atoms with E-state index in [2.05, 4.69) is 28.9 Å². The quantitative estimate of drug-likeness (QED) is 0.646. The molecule has 0 saturated carbocycles. The van der Waals surface area contributed by atoms with Gasteiger partial charge in [0, 0.05) is 37.5 Å². The molecule has 2 aromatic rings. The maximum absolute atomic E-state index is 13.5. The van der Waals surface area contributed by atoms with Gasteiger partial charge >= 0.3 is 0 Å². The summed E-state index contributed by atoms with van der Waals surface area (Å²) in [7, 11) is 0. The zero-order valence-corrected chi connectivity index (χ0v) is 19.4. The zero-order chi connectivity index (χ0) is 21.8. The van der Waals surface area contributed by atoms with Crippen molar-refractivity contribution in [2.75, 3.05) is 38.5 Å². The van der Waals surface area contributed by atoms with Crippen LogP contribution in [0.1, 0.15) is 24.5 Å². The number of benzene rings is 2. The number of rotatable bonds is 6. The predicted molar refractivity (Wildman–Crippen MR) is 131 cm³/mol. The molecule has 0 aromatic heterocycles. The average molecular weight is 458 g/mol. The molecule has 2 aromatic carbocycles. The SMILES string of the molecule is CC1(c2ccccc2OCCN2CC=C(c3cccc(F)c3)CC2)SCCN1C(N)=S. The van der Waals surface area contributed by atoms with Crippen molar-refractivity contribution in [3.63, 3.8) is 0 Å². The molecule has 4 rings (SSSR count). The fourth-order valence-corrected chi connectivity index (χ4v) is 5.97. The molecule has 1 saturated heterocycles. The Morgan fingerprint density at radius 1 is 1.23 bits per heavy atom. The average Bonchev–Trinajstić information content (AvgIpc) is 3.17. The number of thioether (sulfide) groups is 1. The lowest BCUT2D eigenvalue weighted by atomic mass is 9.99. The molecule has 0 radical (unpaired) electrons. The molecule has 0 spiro atoms. The van der Waals surface area contributed by atoms with Crippen LogP contribution < -0.4 is 10.5 Å². The molecule has 4 nitrogen and oxygen atoms in total. The second-order valence-corrected chi connectivity index (χ2v) is 9.87. The van der Waals surface area contributed by atoms with Crippen molar-refractivity contribution < 1.29 is 9.13 Å². The second kappa shape index (κ2) is 9.59. The highest BCUT2D eigenvalue weighted by atomic mass is 32.2. The summed E-state index contributed by atoms with van der Waals surface area (Å²) in [6.45, 7) is 6.24. The summed E-state index contributed by atoms with van der Waals surface area (Å²) in [6, 6.07) is 15.0. The van der Waals surface area contributed by atoms with Gasteiger partial charge in [0.1, 0.15) is 23.0 Å². The third-order valence-electron chi connectivity index (χ3n) is 6.02. The highest BCUT2D eigenvalue weighted by molar-refractivity contribution is 8.00. The van der Waals surface area contributed by atoms with Crippen LogP contribution in [0, 0.1) is 5.82 Å². The van der Waals surface area contributed by atoms with E-state index in [1.54, 1.807) is 12.1 Å². The third kappa shape index (κ3) is 4.89. The minimum absolute atomic E-state index is 0.184. The monoisotopic (exact) mass is 457 g/mol. The molecular formula is C24H28FN3OS2. The Morgan fingerprint density at radius 2 is 2.06 bits per heavy atom. The second-order valence-electron chi connectivity index (χ2n) is 7.96. The van der Waals surface area contributed by atoms with Crippen LogP contribution in [-0.2, 0) is 4.87 Å². The van der Waals surface area contributed by atoms with Gasteiger partial charge in [-0.05, 0) is 54.9 Å². The normalized spacial score (nSPS) is 21.7. The van der Waals surface area contributed by atoms with Crippen molar-refractivity contribution >= 4 is 34.7 Å². The van der Waals surface area contributed by atoms with Crippen LogP contribution in [0.5, 0.6) is 5.75 Å². The lowest BCUT2D eigenvalue weighted by Crippen LogP contribution is -2.44. The van der Waals surface area contributed by atoms with Gasteiger partial charge in [0.05, 0.1) is 0 Å². The van der Waals surface area contributed by atoms with Crippen molar-refractivity contribution in [1.82, 2.24) is 9.80 Å². The Kier molecular flexibility index (Phi) is 6.84. The molecule has 1 unspecified atom stereocenters. The standard InChI is InChI=1S/C24H28FN3OS2/c1-24(28(23(26)30)14-16-31-24)21-7-2-3-8-22(21)29-15-13-27-11-9-18(10-12-27)19-5-4-6-20(25)17-19/h2-9,17H,10-16H2,1H3,(H2,26,30). The molecule has 2 aliphatic heterocycles. The number of halogens is 1. The molecule has 0 bridgehead atoms. The summed E-state index contributed by atoms with van der Waals surface area (Å²) in [6.07, 6.45) is 3.11. The summed E-state index contributed by atoms with van der Waals surface area (Å²) in [4.78, 5) is 4.13. The molecule has 164 valence electrons. The van der Waals surface area contributed by atoms with E-state index in [0.29, 0.717) is 11.7 Å². The van der Waals surface area contributed by atoms with E-state index in [-0.39, 0.29) is 10.7 Å². The molecular weight excluding hydrogens is 429 g/mol. The van der Waals surface area contributed by atoms with Crippen LogP contribution >= 0.6 is 24.0 Å². The Balaban J connectivity index is 1.37. The largest absolute Gasteiger partial charge is 0.492 e. The third-order valence-corrected chi connectivity index (χ3v) is 7.63. The van der Waals surface area contributed by atoms with Gasteiger partial charge < -0.3 is 15.4 Å². The number of hydrogen-bond acceptors (Lipinski definition) is 4. The van der Waals surface area contributed by atoms with Crippen molar-refractivity contribution in [3.05, 3.63) is 71.6 Å². The van der Waals surface area contributed by atoms with Gasteiger partial charge in [-0.3, -0.25) is 4.90 Å². The van der Waals surface area contributed by atoms with Crippen LogP contribution in [0.3, 0.4) is 0 Å². The van der Waals surface area contributed by atoms with Crippen molar-refractivity contribution in [2.45, 2.75) is 18.2 Å². The predicted octanol–water partition coefficient (Wildman–Crippen LogP) is 4.46. The maximum Gasteiger partial charge on any atom is 0.167 e. The van der Waals surface area contributed by atoms with E-state index in [1.807, 2.05) is 36.0 Å². The van der Waals surface area contributed by atoms with Crippen LogP contribution in [-0.4, -0.2) is 53.5 Å². The molecule has 31 heavy (non-hydrogen) atoms. The fourth-order valence-electron chi connectivity index (χ4n) is 4.30. The smallest absolute Gasteiger partial charge is 0.167 e. The van der Waals surface area contributed by atoms with Gasteiger partial charge in [0.2, 0.25) is 0 Å². The maximum atomic E-state index is 13.5. The molecule has 7 heteroatoms. The number of nitrogens with two attached hydrogens (primary N) is 1. The molecule has 1 atom stereocenters. The van der Waals surface area contributed by atoms with Gasteiger partial charge in [-0.15, -0.1) is 11.8 Å². The summed E-state index contributed by atoms with van der Waals surface area (Å²) in [5.41, 5.74) is 9.29. The van der Waals surface area contributed by atoms with E-state index in [4.69, 9.17) is 22.7 Å². The summed E-state index contributed by atoms with van der Waals surface area (Å²) in [5.74, 6) is 1.68. The molecule has 1 fully saturated rings. The van der Waals surface area contributed by atoms with E-state index < -0.39 is 0 Å². The zero-order valence-electron chi connectivity index (χ0n) is 17.7. The van der Waals surface area contributed by atoms with E-state index >= 15 is 0 Å². The molecule has 2 aliphatic rings. The molecule has 0 amide bonds. The van der Waals surface area contributed by atoms with Gasteiger partial charge in [-0.25, -0.2) is 4.39 Å². The van der Waals surface area contributed by atoms with Gasteiger partial charge in [0.25, 0.3) is 0 Å². The molecule has 2 N–H and O–H groups in total. The Bertz CT molecular complexity index is 983. The first-order valence-corrected chi connectivity index (χ1v) is 12.0. The molecule has 2 heterocycles.